The summed E-state index contributed by atoms with van der Waals surface area (Å²) < 4.78 is 1.01. The summed E-state index contributed by atoms with van der Waals surface area (Å²) >= 11 is 8.84. The molecule has 60 valence electrons. The van der Waals surface area contributed by atoms with E-state index in [0.717, 1.165) is 10.0 Å². The zero-order chi connectivity index (χ0) is 8.97. The van der Waals surface area contributed by atoms with Crippen molar-refractivity contribution in [1.82, 2.24) is 0 Å². The van der Waals surface area contributed by atoms with Gasteiger partial charge in [-0.05, 0) is 23.8 Å². The van der Waals surface area contributed by atoms with E-state index in [1.165, 1.54) is 0 Å². The lowest BCUT2D eigenvalue weighted by Crippen LogP contribution is -1.71. The van der Waals surface area contributed by atoms with Gasteiger partial charge in [0.25, 0.3) is 0 Å². The molecule has 3 heteroatoms. The first-order valence-corrected chi connectivity index (χ1v) is 4.42. The standard InChI is InChI=1S/C9H5BrClN/c10-8-3-1-7(2-4-8)5-9(11)6-12/h1-5H. The number of nitrogens with zero attached hydrogens (tertiary/aromatic N) is 1. The summed E-state index contributed by atoms with van der Waals surface area (Å²) in [6.07, 6.45) is 1.62. The average Bonchev–Trinajstić information content (AvgIpc) is 2.09. The molecule has 0 atom stereocenters. The van der Waals surface area contributed by atoms with Crippen LogP contribution in [0.3, 0.4) is 0 Å². The van der Waals surface area contributed by atoms with Gasteiger partial charge < -0.3 is 0 Å². The van der Waals surface area contributed by atoms with Gasteiger partial charge in [0, 0.05) is 4.47 Å². The number of hydrogen-bond acceptors (Lipinski definition) is 1. The highest BCUT2D eigenvalue weighted by Crippen LogP contribution is 2.13. The molecule has 0 amide bonds. The Hall–Kier alpha value is -0.780. The molecule has 1 nitrogen and oxygen atoms in total. The quantitative estimate of drug-likeness (QED) is 0.691. The fraction of sp³-hybridized carbons (Fsp3) is 0. The van der Waals surface area contributed by atoms with Crippen molar-refractivity contribution in [2.75, 3.05) is 0 Å². The van der Waals surface area contributed by atoms with Crippen molar-refractivity contribution in [1.29, 1.82) is 5.26 Å². The molecule has 0 spiro atoms. The first-order chi connectivity index (χ1) is 5.72. The van der Waals surface area contributed by atoms with Gasteiger partial charge in [0.1, 0.15) is 11.1 Å². The first-order valence-electron chi connectivity index (χ1n) is 3.25. The molecule has 0 bridgehead atoms. The van der Waals surface area contributed by atoms with Crippen LogP contribution in [0.4, 0.5) is 0 Å². The molecular weight excluding hydrogens is 237 g/mol. The Morgan fingerprint density at radius 3 is 2.50 bits per heavy atom. The summed E-state index contributed by atoms with van der Waals surface area (Å²) in [5, 5.41) is 8.58. The fourth-order valence-electron chi connectivity index (χ4n) is 0.738. The molecule has 0 saturated carbocycles. The number of rotatable bonds is 1. The van der Waals surface area contributed by atoms with Crippen molar-refractivity contribution in [2.24, 2.45) is 0 Å². The van der Waals surface area contributed by atoms with E-state index in [2.05, 4.69) is 15.9 Å². The summed E-state index contributed by atoms with van der Waals surface area (Å²) in [5.41, 5.74) is 0.921. The van der Waals surface area contributed by atoms with Crippen molar-refractivity contribution in [3.63, 3.8) is 0 Å². The number of hydrogen-bond donors (Lipinski definition) is 0. The van der Waals surface area contributed by atoms with E-state index in [1.807, 2.05) is 30.3 Å². The minimum absolute atomic E-state index is 0.192. The van der Waals surface area contributed by atoms with E-state index < -0.39 is 0 Å². The van der Waals surface area contributed by atoms with Crippen molar-refractivity contribution in [2.45, 2.75) is 0 Å². The maximum absolute atomic E-state index is 8.39. The molecule has 0 aliphatic heterocycles. The topological polar surface area (TPSA) is 23.8 Å². The van der Waals surface area contributed by atoms with Gasteiger partial charge in [-0.2, -0.15) is 5.26 Å². The SMILES string of the molecule is N#CC(Cl)=Cc1ccc(Br)cc1. The molecule has 1 aromatic carbocycles. The highest BCUT2D eigenvalue weighted by Gasteiger charge is 1.90. The molecule has 0 N–H and O–H groups in total. The van der Waals surface area contributed by atoms with Crippen molar-refractivity contribution >= 4 is 33.6 Å². The highest BCUT2D eigenvalue weighted by molar-refractivity contribution is 9.10. The number of allylic oxidation sites excluding steroid dienone is 1. The summed E-state index contributed by atoms with van der Waals surface area (Å²) in [5.74, 6) is 0. The van der Waals surface area contributed by atoms with Crippen LogP contribution in [0.25, 0.3) is 6.08 Å². The third-order valence-corrected chi connectivity index (χ3v) is 1.99. The lowest BCUT2D eigenvalue weighted by molar-refractivity contribution is 1.52. The molecule has 0 aliphatic carbocycles. The van der Waals surface area contributed by atoms with Gasteiger partial charge in [0.05, 0.1) is 0 Å². The van der Waals surface area contributed by atoms with Crippen LogP contribution in [0.15, 0.2) is 33.8 Å². The second-order valence-electron chi connectivity index (χ2n) is 2.16. The number of benzene rings is 1. The highest BCUT2D eigenvalue weighted by atomic mass is 79.9. The van der Waals surface area contributed by atoms with E-state index in [9.17, 15) is 0 Å². The van der Waals surface area contributed by atoms with Crippen LogP contribution >= 0.6 is 27.5 Å². The summed E-state index contributed by atoms with van der Waals surface area (Å²) in [6, 6.07) is 9.39. The van der Waals surface area contributed by atoms with Gasteiger partial charge in [0.2, 0.25) is 0 Å². The smallest absolute Gasteiger partial charge is 0.118 e. The maximum Gasteiger partial charge on any atom is 0.118 e. The van der Waals surface area contributed by atoms with Gasteiger partial charge in [-0.1, -0.05) is 39.7 Å². The van der Waals surface area contributed by atoms with E-state index >= 15 is 0 Å². The summed E-state index contributed by atoms with van der Waals surface area (Å²) in [7, 11) is 0. The van der Waals surface area contributed by atoms with E-state index in [4.69, 9.17) is 16.9 Å². The number of halogens is 2. The zero-order valence-corrected chi connectivity index (χ0v) is 8.43. The minimum atomic E-state index is 0.192. The Labute approximate surface area is 84.4 Å². The monoisotopic (exact) mass is 241 g/mol. The van der Waals surface area contributed by atoms with Crippen LogP contribution in [0, 0.1) is 11.3 Å². The van der Waals surface area contributed by atoms with E-state index in [1.54, 1.807) is 6.08 Å². The maximum atomic E-state index is 8.39. The largest absolute Gasteiger partial charge is 0.191 e. The summed E-state index contributed by atoms with van der Waals surface area (Å²) in [4.78, 5) is 0. The lowest BCUT2D eigenvalue weighted by Gasteiger charge is -1.92. The van der Waals surface area contributed by atoms with Gasteiger partial charge >= 0.3 is 0 Å². The average molecular weight is 243 g/mol. The fourth-order valence-corrected chi connectivity index (χ4v) is 1.13. The number of nitriles is 1. The van der Waals surface area contributed by atoms with Crippen LogP contribution in [0.2, 0.25) is 0 Å². The second-order valence-corrected chi connectivity index (χ2v) is 3.48. The van der Waals surface area contributed by atoms with Crippen LogP contribution in [0.1, 0.15) is 5.56 Å². The zero-order valence-electron chi connectivity index (χ0n) is 6.09. The molecule has 0 fully saturated rings. The minimum Gasteiger partial charge on any atom is -0.191 e. The predicted octanol–water partition coefficient (Wildman–Crippen LogP) is 3.55. The van der Waals surface area contributed by atoms with Crippen molar-refractivity contribution in [3.8, 4) is 6.07 Å². The Balaban J connectivity index is 2.93. The van der Waals surface area contributed by atoms with E-state index in [-0.39, 0.29) is 5.03 Å². The Bertz CT molecular complexity index is 335. The molecular formula is C9H5BrClN. The molecule has 0 unspecified atom stereocenters. The van der Waals surface area contributed by atoms with Crippen LogP contribution in [-0.2, 0) is 0 Å². The summed E-state index contributed by atoms with van der Waals surface area (Å²) in [6.45, 7) is 0. The molecule has 0 heterocycles. The molecule has 0 aliphatic rings. The molecule has 12 heavy (non-hydrogen) atoms. The second kappa shape index (κ2) is 4.30. The molecule has 0 saturated heterocycles. The Morgan fingerprint density at radius 1 is 1.42 bits per heavy atom. The normalized spacial score (nSPS) is 10.9. The van der Waals surface area contributed by atoms with Gasteiger partial charge in [-0.3, -0.25) is 0 Å². The van der Waals surface area contributed by atoms with Crippen molar-refractivity contribution in [3.05, 3.63) is 39.3 Å². The van der Waals surface area contributed by atoms with Gasteiger partial charge in [0.15, 0.2) is 0 Å². The third-order valence-electron chi connectivity index (χ3n) is 1.27. The van der Waals surface area contributed by atoms with Crippen LogP contribution in [-0.4, -0.2) is 0 Å². The van der Waals surface area contributed by atoms with Crippen LogP contribution < -0.4 is 0 Å². The molecule has 0 aromatic heterocycles. The van der Waals surface area contributed by atoms with Crippen LogP contribution in [0.5, 0.6) is 0 Å². The third kappa shape index (κ3) is 2.69. The molecule has 0 radical (unpaired) electrons. The van der Waals surface area contributed by atoms with E-state index in [0.29, 0.717) is 0 Å². The van der Waals surface area contributed by atoms with Gasteiger partial charge in [-0.25, -0.2) is 0 Å². The van der Waals surface area contributed by atoms with Crippen molar-refractivity contribution < 1.29 is 0 Å². The predicted molar refractivity (Wildman–Crippen MR) is 53.6 cm³/mol. The van der Waals surface area contributed by atoms with Gasteiger partial charge in [-0.15, -0.1) is 0 Å². The lowest BCUT2D eigenvalue weighted by atomic mass is 10.2. The Kier molecular flexibility index (Phi) is 3.33. The Morgan fingerprint density at radius 2 is 2.00 bits per heavy atom. The molecule has 1 aromatic rings. The first kappa shape index (κ1) is 9.31. The molecule has 1 rings (SSSR count).